The average Bonchev–Trinajstić information content (AvgIpc) is 2.80. The lowest BCUT2D eigenvalue weighted by Crippen LogP contribution is -2.42. The molecule has 7 nitrogen and oxygen atoms in total. The highest BCUT2D eigenvalue weighted by molar-refractivity contribution is 7.91. The third-order valence-corrected chi connectivity index (χ3v) is 4.33. The van der Waals surface area contributed by atoms with E-state index in [0.717, 1.165) is 24.1 Å². The molecule has 1 atom stereocenters. The zero-order valence-electron chi connectivity index (χ0n) is 12.6. The van der Waals surface area contributed by atoms with E-state index in [4.69, 9.17) is 4.74 Å². The molecule has 1 aliphatic heterocycles. The molecule has 118 valence electrons. The minimum absolute atomic E-state index is 0.0183. The van der Waals surface area contributed by atoms with Crippen LogP contribution < -0.4 is 0 Å². The van der Waals surface area contributed by atoms with Crippen LogP contribution in [0.5, 0.6) is 0 Å². The number of hydrogen-bond donors (Lipinski definition) is 0. The van der Waals surface area contributed by atoms with Crippen molar-refractivity contribution in [2.75, 3.05) is 32.3 Å². The summed E-state index contributed by atoms with van der Waals surface area (Å²) in [5.41, 5.74) is 2.05. The summed E-state index contributed by atoms with van der Waals surface area (Å²) in [6, 6.07) is 0. The molecule has 0 spiro atoms. The number of fused-ring (bicyclic) bond motifs is 1. The third kappa shape index (κ3) is 3.62. The second-order valence-electron chi connectivity index (χ2n) is 5.37. The highest BCUT2D eigenvalue weighted by Gasteiger charge is 2.32. The van der Waals surface area contributed by atoms with Crippen LogP contribution in [-0.4, -0.2) is 61.3 Å². The van der Waals surface area contributed by atoms with Gasteiger partial charge >= 0.3 is 0 Å². The van der Waals surface area contributed by atoms with E-state index in [1.165, 1.54) is 0 Å². The molecule has 1 aliphatic rings. The molecule has 2 rings (SSSR count). The van der Waals surface area contributed by atoms with Crippen LogP contribution in [0.2, 0.25) is 0 Å². The first-order chi connectivity index (χ1) is 9.85. The molecule has 8 heteroatoms. The third-order valence-electron chi connectivity index (χ3n) is 3.55. The molecule has 1 aromatic heterocycles. The van der Waals surface area contributed by atoms with Gasteiger partial charge in [-0.3, -0.25) is 9.48 Å². The van der Waals surface area contributed by atoms with Gasteiger partial charge < -0.3 is 9.64 Å². The van der Waals surface area contributed by atoms with Crippen molar-refractivity contribution >= 4 is 15.7 Å². The summed E-state index contributed by atoms with van der Waals surface area (Å²) in [6.45, 7) is 4.11. The Balaban J connectivity index is 2.25. The van der Waals surface area contributed by atoms with Crippen molar-refractivity contribution in [1.82, 2.24) is 14.7 Å². The highest BCUT2D eigenvalue weighted by atomic mass is 32.2. The summed E-state index contributed by atoms with van der Waals surface area (Å²) in [4.78, 5) is 13.7. The second-order valence-corrected chi connectivity index (χ2v) is 7.51. The summed E-state index contributed by atoms with van der Waals surface area (Å²) in [7, 11) is -1.71. The fourth-order valence-corrected chi connectivity index (χ4v) is 3.37. The maximum absolute atomic E-state index is 12.1. The van der Waals surface area contributed by atoms with Gasteiger partial charge in [-0.15, -0.1) is 0 Å². The molecule has 0 saturated heterocycles. The van der Waals surface area contributed by atoms with Gasteiger partial charge in [0.15, 0.2) is 9.84 Å². The van der Waals surface area contributed by atoms with Gasteiger partial charge in [-0.05, 0) is 6.92 Å². The van der Waals surface area contributed by atoms with E-state index >= 15 is 0 Å². The maximum atomic E-state index is 12.1. The number of nitrogens with zero attached hydrogens (tertiary/aromatic N) is 3. The molecule has 21 heavy (non-hydrogen) atoms. The monoisotopic (exact) mass is 315 g/mol. The van der Waals surface area contributed by atoms with Gasteiger partial charge in [-0.1, -0.05) is 0 Å². The van der Waals surface area contributed by atoms with Gasteiger partial charge in [0, 0.05) is 44.5 Å². The summed E-state index contributed by atoms with van der Waals surface area (Å²) >= 11 is 0. The van der Waals surface area contributed by atoms with Crippen LogP contribution in [0, 0.1) is 0 Å². The topological polar surface area (TPSA) is 81.5 Å². The number of amides is 1. The van der Waals surface area contributed by atoms with Crippen molar-refractivity contribution in [2.45, 2.75) is 25.9 Å². The van der Waals surface area contributed by atoms with Crippen LogP contribution >= 0.6 is 0 Å². The van der Waals surface area contributed by atoms with Gasteiger partial charge in [0.25, 0.3) is 0 Å². The molecule has 0 radical (unpaired) electrons. The second kappa shape index (κ2) is 6.15. The SMILES string of the molecule is CCn1ncc2c1[C@@H](COC)CN(C(=O)CS(C)(=O)=O)C2. The average molecular weight is 315 g/mol. The number of ether oxygens (including phenoxy) is 1. The Hall–Kier alpha value is -1.41. The van der Waals surface area contributed by atoms with Crippen LogP contribution in [0.4, 0.5) is 0 Å². The molecule has 1 aromatic rings. The fraction of sp³-hybridized carbons (Fsp3) is 0.692. The van der Waals surface area contributed by atoms with Crippen molar-refractivity contribution in [1.29, 1.82) is 0 Å². The van der Waals surface area contributed by atoms with Crippen molar-refractivity contribution in [3.8, 4) is 0 Å². The maximum Gasteiger partial charge on any atom is 0.238 e. The minimum Gasteiger partial charge on any atom is -0.384 e. The Morgan fingerprint density at radius 3 is 2.81 bits per heavy atom. The van der Waals surface area contributed by atoms with Crippen molar-refractivity contribution in [3.05, 3.63) is 17.5 Å². The Kier molecular flexibility index (Phi) is 4.67. The molecule has 1 amide bonds. The Morgan fingerprint density at radius 1 is 1.52 bits per heavy atom. The molecule has 0 fully saturated rings. The lowest BCUT2D eigenvalue weighted by molar-refractivity contribution is -0.129. The van der Waals surface area contributed by atoms with E-state index < -0.39 is 15.6 Å². The summed E-state index contributed by atoms with van der Waals surface area (Å²) in [5, 5.41) is 4.32. The van der Waals surface area contributed by atoms with E-state index in [2.05, 4.69) is 5.10 Å². The first kappa shape index (κ1) is 16.0. The number of methoxy groups -OCH3 is 1. The van der Waals surface area contributed by atoms with Crippen LogP contribution in [0.15, 0.2) is 6.20 Å². The number of sulfone groups is 1. The number of aryl methyl sites for hydroxylation is 1. The first-order valence-corrected chi connectivity index (χ1v) is 8.90. The molecule has 2 heterocycles. The fourth-order valence-electron chi connectivity index (χ4n) is 2.74. The highest BCUT2D eigenvalue weighted by Crippen LogP contribution is 2.28. The Labute approximate surface area is 124 Å². The molecular weight excluding hydrogens is 294 g/mol. The Bertz CT molecular complexity index is 623. The van der Waals surface area contributed by atoms with Crippen LogP contribution in [0.25, 0.3) is 0 Å². The number of rotatable bonds is 5. The molecular formula is C13H21N3O4S. The largest absolute Gasteiger partial charge is 0.384 e. The predicted molar refractivity (Wildman–Crippen MR) is 77.6 cm³/mol. The van der Waals surface area contributed by atoms with Gasteiger partial charge in [0.2, 0.25) is 5.91 Å². The van der Waals surface area contributed by atoms with Gasteiger partial charge in [0.1, 0.15) is 5.75 Å². The molecule has 0 saturated carbocycles. The predicted octanol–water partition coefficient (Wildman–Crippen LogP) is 0.0198. The van der Waals surface area contributed by atoms with Crippen molar-refractivity contribution in [3.63, 3.8) is 0 Å². The van der Waals surface area contributed by atoms with Crippen molar-refractivity contribution in [2.24, 2.45) is 0 Å². The number of hydrogen-bond acceptors (Lipinski definition) is 5. The molecule has 0 unspecified atom stereocenters. The van der Waals surface area contributed by atoms with E-state index in [0.29, 0.717) is 19.7 Å². The van der Waals surface area contributed by atoms with E-state index in [-0.39, 0.29) is 11.8 Å². The zero-order valence-corrected chi connectivity index (χ0v) is 13.4. The van der Waals surface area contributed by atoms with Crippen LogP contribution in [0.3, 0.4) is 0 Å². The van der Waals surface area contributed by atoms with Gasteiger partial charge in [-0.2, -0.15) is 5.10 Å². The summed E-state index contributed by atoms with van der Waals surface area (Å²) in [6.07, 6.45) is 2.82. The zero-order chi connectivity index (χ0) is 15.6. The standard InChI is InChI=1S/C13H21N3O4S/c1-4-16-13-10(5-14-16)6-15(7-11(13)8-20-2)12(17)9-21(3,18)19/h5,11H,4,6-9H2,1-3H3/t11-/m1/s1. The quantitative estimate of drug-likeness (QED) is 0.765. The number of carbonyl (C=O) groups excluding carboxylic acids is 1. The van der Waals surface area contributed by atoms with E-state index in [9.17, 15) is 13.2 Å². The molecule has 0 aliphatic carbocycles. The Morgan fingerprint density at radius 2 is 2.24 bits per heavy atom. The lowest BCUT2D eigenvalue weighted by Gasteiger charge is -2.33. The minimum atomic E-state index is -3.32. The lowest BCUT2D eigenvalue weighted by atomic mass is 9.97. The molecule has 0 aromatic carbocycles. The van der Waals surface area contributed by atoms with Crippen molar-refractivity contribution < 1.29 is 17.9 Å². The summed E-state index contributed by atoms with van der Waals surface area (Å²) < 4.78 is 29.8. The number of aromatic nitrogens is 2. The van der Waals surface area contributed by atoms with Crippen LogP contribution in [-0.2, 0) is 32.5 Å². The van der Waals surface area contributed by atoms with E-state index in [1.54, 1.807) is 18.2 Å². The number of carbonyl (C=O) groups is 1. The van der Waals surface area contributed by atoms with Gasteiger partial charge in [-0.25, -0.2) is 8.42 Å². The molecule has 0 N–H and O–H groups in total. The normalized spacial score (nSPS) is 18.6. The molecule has 0 bridgehead atoms. The van der Waals surface area contributed by atoms with Gasteiger partial charge in [0.05, 0.1) is 18.5 Å². The van der Waals surface area contributed by atoms with E-state index in [1.807, 2.05) is 11.6 Å². The first-order valence-electron chi connectivity index (χ1n) is 6.84. The summed E-state index contributed by atoms with van der Waals surface area (Å²) in [5.74, 6) is -0.803. The van der Waals surface area contributed by atoms with Crippen LogP contribution in [0.1, 0.15) is 24.1 Å². The smallest absolute Gasteiger partial charge is 0.238 e.